The number of rotatable bonds is 0. The van der Waals surface area contributed by atoms with Crippen LogP contribution in [0.4, 0.5) is 0 Å². The van der Waals surface area contributed by atoms with Crippen LogP contribution in [0.25, 0.3) is 0 Å². The van der Waals surface area contributed by atoms with E-state index in [1.807, 2.05) is 12.1 Å². The Kier molecular flexibility index (Phi) is 1.64. The molecule has 0 radical (unpaired) electrons. The van der Waals surface area contributed by atoms with Crippen molar-refractivity contribution in [2.75, 3.05) is 0 Å². The fourth-order valence-electron chi connectivity index (χ4n) is 4.29. The first-order valence-corrected chi connectivity index (χ1v) is 6.85. The Balaban J connectivity index is 2.00. The Bertz CT molecular complexity index is 495. The van der Waals surface area contributed by atoms with Gasteiger partial charge in [-0.05, 0) is 36.7 Å². The molecule has 82 valence electrons. The maximum atomic E-state index is 12.4. The minimum Gasteiger partial charge on any atom is -0.294 e. The fourth-order valence-corrected chi connectivity index (χ4v) is 5.63. The average molecular weight is 277 g/mol. The van der Waals surface area contributed by atoms with Crippen LogP contribution in [0, 0.1) is 17.8 Å². The van der Waals surface area contributed by atoms with Crippen molar-refractivity contribution in [2.45, 2.75) is 23.6 Å². The van der Waals surface area contributed by atoms with E-state index in [0.717, 1.165) is 5.56 Å². The Morgan fingerprint density at radius 1 is 1.25 bits per heavy atom. The van der Waals surface area contributed by atoms with E-state index in [2.05, 4.69) is 28.1 Å². The van der Waals surface area contributed by atoms with Crippen molar-refractivity contribution in [3.63, 3.8) is 0 Å². The number of carbonyl (C=O) groups excluding carboxylic acids is 1. The highest BCUT2D eigenvalue weighted by Crippen LogP contribution is 2.67. The van der Waals surface area contributed by atoms with Crippen LogP contribution in [0.15, 0.2) is 24.3 Å². The highest BCUT2D eigenvalue weighted by Gasteiger charge is 2.64. The summed E-state index contributed by atoms with van der Waals surface area (Å²) in [6, 6.07) is 8.18. The maximum Gasteiger partial charge on any atom is 0.168 e. The van der Waals surface area contributed by atoms with Gasteiger partial charge in [-0.25, -0.2) is 0 Å². The van der Waals surface area contributed by atoms with Crippen LogP contribution in [0.3, 0.4) is 0 Å². The minimum atomic E-state index is -0.0103. The summed E-state index contributed by atoms with van der Waals surface area (Å²) in [5.74, 6) is 1.92. The second-order valence-electron chi connectivity index (χ2n) is 5.43. The third kappa shape index (κ3) is 0.839. The van der Waals surface area contributed by atoms with Gasteiger partial charge in [-0.3, -0.25) is 4.79 Å². The van der Waals surface area contributed by atoms with Crippen molar-refractivity contribution in [1.82, 2.24) is 0 Å². The van der Waals surface area contributed by atoms with Gasteiger partial charge in [-0.1, -0.05) is 40.2 Å². The van der Waals surface area contributed by atoms with Crippen LogP contribution in [0.2, 0.25) is 0 Å². The second-order valence-corrected chi connectivity index (χ2v) is 6.74. The quantitative estimate of drug-likeness (QED) is 0.663. The SMILES string of the molecule is O=C1c2ccccc2[C@@]2(Br)[C@@H]3CC[C@H](C3)[C@@H]12. The lowest BCUT2D eigenvalue weighted by Crippen LogP contribution is -2.33. The zero-order valence-corrected chi connectivity index (χ0v) is 10.5. The number of ketones is 1. The number of halogens is 1. The van der Waals surface area contributed by atoms with Crippen LogP contribution in [-0.2, 0) is 4.32 Å². The lowest BCUT2D eigenvalue weighted by Gasteiger charge is -2.33. The van der Waals surface area contributed by atoms with Gasteiger partial charge in [-0.15, -0.1) is 0 Å². The normalized spacial score (nSPS) is 43.6. The van der Waals surface area contributed by atoms with Crippen molar-refractivity contribution < 1.29 is 4.79 Å². The summed E-state index contributed by atoms with van der Waals surface area (Å²) >= 11 is 3.95. The molecule has 0 saturated heterocycles. The highest BCUT2D eigenvalue weighted by molar-refractivity contribution is 9.09. The molecule has 0 aromatic heterocycles. The second kappa shape index (κ2) is 2.79. The molecule has 16 heavy (non-hydrogen) atoms. The molecule has 0 heterocycles. The van der Waals surface area contributed by atoms with Gasteiger partial charge < -0.3 is 0 Å². The highest BCUT2D eigenvalue weighted by atomic mass is 79.9. The number of alkyl halides is 1. The van der Waals surface area contributed by atoms with E-state index in [1.54, 1.807) is 0 Å². The first-order valence-electron chi connectivity index (χ1n) is 6.05. The van der Waals surface area contributed by atoms with Crippen LogP contribution >= 0.6 is 15.9 Å². The molecule has 0 N–H and O–H groups in total. The third-order valence-corrected chi connectivity index (χ3v) is 6.45. The van der Waals surface area contributed by atoms with E-state index >= 15 is 0 Å². The molecule has 0 spiro atoms. The summed E-state index contributed by atoms with van der Waals surface area (Å²) in [6.07, 6.45) is 3.78. The predicted molar refractivity (Wildman–Crippen MR) is 65.7 cm³/mol. The molecule has 2 heteroatoms. The summed E-state index contributed by atoms with van der Waals surface area (Å²) in [5.41, 5.74) is 2.23. The van der Waals surface area contributed by atoms with E-state index in [1.165, 1.54) is 24.8 Å². The molecule has 1 aromatic carbocycles. The molecular weight excluding hydrogens is 264 g/mol. The number of hydrogen-bond acceptors (Lipinski definition) is 1. The molecule has 4 atom stereocenters. The van der Waals surface area contributed by atoms with Gasteiger partial charge in [-0.2, -0.15) is 0 Å². The molecule has 2 saturated carbocycles. The van der Waals surface area contributed by atoms with Crippen LogP contribution < -0.4 is 0 Å². The largest absolute Gasteiger partial charge is 0.294 e. The molecule has 0 aliphatic heterocycles. The average Bonchev–Trinajstić information content (AvgIpc) is 2.92. The van der Waals surface area contributed by atoms with Crippen LogP contribution in [0.1, 0.15) is 35.2 Å². The summed E-state index contributed by atoms with van der Waals surface area (Å²) in [7, 11) is 0. The van der Waals surface area contributed by atoms with E-state index in [-0.39, 0.29) is 10.2 Å². The lowest BCUT2D eigenvalue weighted by atomic mass is 9.79. The Morgan fingerprint density at radius 3 is 2.94 bits per heavy atom. The maximum absolute atomic E-state index is 12.4. The fraction of sp³-hybridized carbons (Fsp3) is 0.500. The van der Waals surface area contributed by atoms with Gasteiger partial charge in [0, 0.05) is 11.5 Å². The van der Waals surface area contributed by atoms with Crippen molar-refractivity contribution in [3.8, 4) is 0 Å². The van der Waals surface area contributed by atoms with Crippen molar-refractivity contribution in [3.05, 3.63) is 35.4 Å². The molecule has 1 aromatic rings. The molecule has 1 nitrogen and oxygen atoms in total. The number of carbonyl (C=O) groups is 1. The Morgan fingerprint density at radius 2 is 2.06 bits per heavy atom. The molecule has 2 bridgehead atoms. The zero-order chi connectivity index (χ0) is 10.9. The zero-order valence-electron chi connectivity index (χ0n) is 8.95. The monoisotopic (exact) mass is 276 g/mol. The number of benzene rings is 1. The lowest BCUT2D eigenvalue weighted by molar-refractivity contribution is 0.0873. The first-order chi connectivity index (χ1) is 7.73. The number of fused-ring (bicyclic) bond motifs is 7. The molecule has 3 aliphatic rings. The topological polar surface area (TPSA) is 17.1 Å². The van der Waals surface area contributed by atoms with Crippen molar-refractivity contribution in [1.29, 1.82) is 0 Å². The van der Waals surface area contributed by atoms with Gasteiger partial charge in [0.15, 0.2) is 5.78 Å². The summed E-state index contributed by atoms with van der Waals surface area (Å²) in [4.78, 5) is 12.4. The van der Waals surface area contributed by atoms with Gasteiger partial charge in [0.2, 0.25) is 0 Å². The minimum absolute atomic E-state index is 0.0103. The van der Waals surface area contributed by atoms with Crippen LogP contribution in [-0.4, -0.2) is 5.78 Å². The molecular formula is C14H13BrO. The van der Waals surface area contributed by atoms with Crippen LogP contribution in [0.5, 0.6) is 0 Å². The number of Topliss-reactive ketones (excluding diaryl/α,β-unsaturated/α-hetero) is 1. The van der Waals surface area contributed by atoms with Gasteiger partial charge in [0.25, 0.3) is 0 Å². The first kappa shape index (κ1) is 9.41. The molecule has 4 rings (SSSR count). The van der Waals surface area contributed by atoms with Crippen molar-refractivity contribution >= 4 is 21.7 Å². The summed E-state index contributed by atoms with van der Waals surface area (Å²) in [5, 5.41) is 0. The van der Waals surface area contributed by atoms with E-state index in [0.29, 0.717) is 17.6 Å². The predicted octanol–water partition coefficient (Wildman–Crippen LogP) is 3.52. The van der Waals surface area contributed by atoms with Gasteiger partial charge >= 0.3 is 0 Å². The van der Waals surface area contributed by atoms with Gasteiger partial charge in [0.1, 0.15) is 0 Å². The number of hydrogen-bond donors (Lipinski definition) is 0. The standard InChI is InChI=1S/C14H13BrO/c15-14-9-6-5-8(7-9)12(14)13(16)10-3-1-2-4-11(10)14/h1-4,8-9,12H,5-7H2/t8-,9-,12+,14+/m1/s1. The smallest absolute Gasteiger partial charge is 0.168 e. The van der Waals surface area contributed by atoms with E-state index in [4.69, 9.17) is 0 Å². The summed E-state index contributed by atoms with van der Waals surface area (Å²) < 4.78 is -0.0103. The van der Waals surface area contributed by atoms with E-state index < -0.39 is 0 Å². The summed E-state index contributed by atoms with van der Waals surface area (Å²) in [6.45, 7) is 0. The Hall–Kier alpha value is -0.630. The van der Waals surface area contributed by atoms with E-state index in [9.17, 15) is 4.79 Å². The molecule has 2 fully saturated rings. The molecule has 0 amide bonds. The Labute approximate surface area is 103 Å². The van der Waals surface area contributed by atoms with Crippen molar-refractivity contribution in [2.24, 2.45) is 17.8 Å². The third-order valence-electron chi connectivity index (χ3n) is 4.88. The van der Waals surface area contributed by atoms with Gasteiger partial charge in [0.05, 0.1) is 4.32 Å². The molecule has 0 unspecified atom stereocenters. The molecule has 3 aliphatic carbocycles.